The van der Waals surface area contributed by atoms with Gasteiger partial charge in [0.1, 0.15) is 5.69 Å². The van der Waals surface area contributed by atoms with E-state index in [2.05, 4.69) is 22.4 Å². The summed E-state index contributed by atoms with van der Waals surface area (Å²) in [7, 11) is 0. The number of amides is 1. The molecule has 0 spiro atoms. The van der Waals surface area contributed by atoms with Crippen molar-refractivity contribution in [3.8, 4) is 0 Å². The number of H-pyrrole nitrogens is 1. The van der Waals surface area contributed by atoms with Gasteiger partial charge in [0.25, 0.3) is 5.91 Å². The van der Waals surface area contributed by atoms with Crippen LogP contribution >= 0.6 is 11.8 Å². The smallest absolute Gasteiger partial charge is 0.271 e. The highest BCUT2D eigenvalue weighted by Crippen LogP contribution is 2.06. The largest absolute Gasteiger partial charge is 0.396 e. The molecule has 0 bridgehead atoms. The number of hydrogen-bond acceptors (Lipinski definition) is 4. The van der Waals surface area contributed by atoms with Crippen molar-refractivity contribution in [1.82, 2.24) is 15.5 Å². The van der Waals surface area contributed by atoms with Crippen molar-refractivity contribution in [2.24, 2.45) is 5.92 Å². The lowest BCUT2D eigenvalue weighted by atomic mass is 10.2. The molecule has 15 heavy (non-hydrogen) atoms. The van der Waals surface area contributed by atoms with Crippen LogP contribution in [0.15, 0.2) is 6.20 Å². The number of nitrogen functional groups attached to an aromatic ring is 1. The fourth-order valence-electron chi connectivity index (χ4n) is 1.18. The quantitative estimate of drug-likeness (QED) is 0.693. The summed E-state index contributed by atoms with van der Waals surface area (Å²) in [6.45, 7) is 2.74. The average Bonchev–Trinajstić information content (AvgIpc) is 2.61. The van der Waals surface area contributed by atoms with Crippen LogP contribution in [0.4, 0.5) is 5.69 Å². The Labute approximate surface area is 93.2 Å². The molecule has 0 aliphatic heterocycles. The van der Waals surface area contributed by atoms with E-state index in [1.807, 2.05) is 6.26 Å². The molecule has 5 nitrogen and oxygen atoms in total. The normalized spacial score (nSPS) is 12.4. The second kappa shape index (κ2) is 5.65. The number of aromatic nitrogens is 2. The van der Waals surface area contributed by atoms with E-state index in [1.165, 1.54) is 6.20 Å². The zero-order chi connectivity index (χ0) is 11.3. The highest BCUT2D eigenvalue weighted by molar-refractivity contribution is 7.98. The third-order valence-electron chi connectivity index (χ3n) is 1.96. The van der Waals surface area contributed by atoms with Crippen LogP contribution in [-0.4, -0.2) is 34.7 Å². The molecular weight excluding hydrogens is 212 g/mol. The lowest BCUT2D eigenvalue weighted by Crippen LogP contribution is -2.29. The molecule has 1 rings (SSSR count). The van der Waals surface area contributed by atoms with E-state index in [4.69, 9.17) is 5.73 Å². The number of rotatable bonds is 5. The van der Waals surface area contributed by atoms with Gasteiger partial charge in [0, 0.05) is 6.54 Å². The molecule has 1 atom stereocenters. The summed E-state index contributed by atoms with van der Waals surface area (Å²) in [5.41, 5.74) is 6.27. The van der Waals surface area contributed by atoms with E-state index < -0.39 is 0 Å². The van der Waals surface area contributed by atoms with Gasteiger partial charge in [0.15, 0.2) is 0 Å². The van der Waals surface area contributed by atoms with Gasteiger partial charge < -0.3 is 11.1 Å². The summed E-state index contributed by atoms with van der Waals surface area (Å²) in [4.78, 5) is 11.6. The van der Waals surface area contributed by atoms with Crippen molar-refractivity contribution in [3.05, 3.63) is 11.9 Å². The van der Waals surface area contributed by atoms with E-state index >= 15 is 0 Å². The van der Waals surface area contributed by atoms with Gasteiger partial charge in [-0.25, -0.2) is 0 Å². The molecule has 1 aromatic rings. The Morgan fingerprint density at radius 2 is 2.53 bits per heavy atom. The maximum absolute atomic E-state index is 11.6. The van der Waals surface area contributed by atoms with Crippen LogP contribution in [0, 0.1) is 5.92 Å². The van der Waals surface area contributed by atoms with E-state index in [0.29, 0.717) is 23.8 Å². The molecule has 0 radical (unpaired) electrons. The number of nitrogens with one attached hydrogen (secondary N) is 2. The van der Waals surface area contributed by atoms with Crippen molar-refractivity contribution in [1.29, 1.82) is 0 Å². The van der Waals surface area contributed by atoms with Crippen molar-refractivity contribution in [3.63, 3.8) is 0 Å². The number of aromatic amines is 1. The molecule has 6 heteroatoms. The lowest BCUT2D eigenvalue weighted by molar-refractivity contribution is 0.0945. The zero-order valence-electron chi connectivity index (χ0n) is 8.91. The monoisotopic (exact) mass is 228 g/mol. The molecule has 0 saturated heterocycles. The summed E-state index contributed by atoms with van der Waals surface area (Å²) in [6, 6.07) is 0. The van der Waals surface area contributed by atoms with E-state index in [1.54, 1.807) is 11.8 Å². The molecule has 1 amide bonds. The van der Waals surface area contributed by atoms with Gasteiger partial charge in [-0.15, -0.1) is 0 Å². The average molecular weight is 228 g/mol. The second-order valence-corrected chi connectivity index (χ2v) is 4.38. The molecule has 84 valence electrons. The number of carbonyl (C=O) groups is 1. The number of nitrogens with two attached hydrogens (primary N) is 1. The van der Waals surface area contributed by atoms with Gasteiger partial charge in [-0.3, -0.25) is 9.89 Å². The fraction of sp³-hybridized carbons (Fsp3) is 0.556. The zero-order valence-corrected chi connectivity index (χ0v) is 9.73. The Balaban J connectivity index is 2.40. The van der Waals surface area contributed by atoms with Crippen molar-refractivity contribution in [2.75, 3.05) is 24.3 Å². The number of anilines is 1. The molecule has 0 aliphatic rings. The Hall–Kier alpha value is -1.17. The molecule has 1 unspecified atom stereocenters. The second-order valence-electron chi connectivity index (χ2n) is 3.47. The Morgan fingerprint density at radius 1 is 1.80 bits per heavy atom. The van der Waals surface area contributed by atoms with Crippen molar-refractivity contribution >= 4 is 23.4 Å². The van der Waals surface area contributed by atoms with E-state index in [-0.39, 0.29) is 5.91 Å². The summed E-state index contributed by atoms with van der Waals surface area (Å²) >= 11 is 1.77. The van der Waals surface area contributed by atoms with Crippen LogP contribution in [0.2, 0.25) is 0 Å². The molecule has 0 aromatic carbocycles. The summed E-state index contributed by atoms with van der Waals surface area (Å²) in [5.74, 6) is 1.28. The summed E-state index contributed by atoms with van der Waals surface area (Å²) < 4.78 is 0. The van der Waals surface area contributed by atoms with Gasteiger partial charge in [-0.1, -0.05) is 6.92 Å². The standard InChI is InChI=1S/C9H16N4OS/c1-6(5-15-2)3-11-9(14)8-7(10)4-12-13-8/h4,6H,3,5,10H2,1-2H3,(H,11,14)(H,12,13). The van der Waals surface area contributed by atoms with E-state index in [9.17, 15) is 4.79 Å². The highest BCUT2D eigenvalue weighted by atomic mass is 32.2. The Morgan fingerprint density at radius 3 is 3.07 bits per heavy atom. The first-order chi connectivity index (χ1) is 7.15. The Bertz CT molecular complexity index is 326. The van der Waals surface area contributed by atoms with Crippen LogP contribution in [-0.2, 0) is 0 Å². The van der Waals surface area contributed by atoms with Crippen LogP contribution in [0.1, 0.15) is 17.4 Å². The number of carbonyl (C=O) groups excluding carboxylic acids is 1. The third kappa shape index (κ3) is 3.47. The first-order valence-corrected chi connectivity index (χ1v) is 6.10. The van der Waals surface area contributed by atoms with Crippen molar-refractivity contribution < 1.29 is 4.79 Å². The van der Waals surface area contributed by atoms with Crippen molar-refractivity contribution in [2.45, 2.75) is 6.92 Å². The summed E-state index contributed by atoms with van der Waals surface area (Å²) in [6.07, 6.45) is 3.48. The molecule has 0 aliphatic carbocycles. The maximum atomic E-state index is 11.6. The molecule has 0 fully saturated rings. The maximum Gasteiger partial charge on any atom is 0.271 e. The van der Waals surface area contributed by atoms with Crippen LogP contribution in [0.3, 0.4) is 0 Å². The van der Waals surface area contributed by atoms with Crippen LogP contribution in [0.5, 0.6) is 0 Å². The Kier molecular flexibility index (Phi) is 4.48. The minimum absolute atomic E-state index is 0.196. The van der Waals surface area contributed by atoms with Gasteiger partial charge in [0.2, 0.25) is 0 Å². The minimum atomic E-state index is -0.196. The fourth-order valence-corrected chi connectivity index (χ4v) is 1.86. The first kappa shape index (κ1) is 11.9. The third-order valence-corrected chi connectivity index (χ3v) is 2.86. The predicted octanol–water partition coefficient (Wildman–Crippen LogP) is 0.721. The predicted molar refractivity (Wildman–Crippen MR) is 62.9 cm³/mol. The first-order valence-electron chi connectivity index (χ1n) is 4.71. The topological polar surface area (TPSA) is 83.8 Å². The lowest BCUT2D eigenvalue weighted by Gasteiger charge is -2.10. The number of hydrogen-bond donors (Lipinski definition) is 3. The van der Waals surface area contributed by atoms with Gasteiger partial charge in [0.05, 0.1) is 11.9 Å². The molecule has 0 saturated carbocycles. The van der Waals surface area contributed by atoms with E-state index in [0.717, 1.165) is 5.75 Å². The molecule has 1 heterocycles. The highest BCUT2D eigenvalue weighted by Gasteiger charge is 2.12. The number of nitrogens with zero attached hydrogens (tertiary/aromatic N) is 1. The van der Waals surface area contributed by atoms with Crippen LogP contribution < -0.4 is 11.1 Å². The van der Waals surface area contributed by atoms with Gasteiger partial charge >= 0.3 is 0 Å². The summed E-state index contributed by atoms with van der Waals surface area (Å²) in [5, 5.41) is 9.07. The number of thioether (sulfide) groups is 1. The molecule has 1 aromatic heterocycles. The molecular formula is C9H16N4OS. The minimum Gasteiger partial charge on any atom is -0.396 e. The van der Waals surface area contributed by atoms with Gasteiger partial charge in [-0.05, 0) is 17.9 Å². The van der Waals surface area contributed by atoms with Gasteiger partial charge in [-0.2, -0.15) is 16.9 Å². The molecule has 4 N–H and O–H groups in total. The van der Waals surface area contributed by atoms with Crippen LogP contribution in [0.25, 0.3) is 0 Å². The SMILES string of the molecule is CSCC(C)CNC(=O)c1[nH]ncc1N.